The van der Waals surface area contributed by atoms with Gasteiger partial charge in [0.2, 0.25) is 0 Å². The zero-order valence-corrected chi connectivity index (χ0v) is 17.5. The summed E-state index contributed by atoms with van der Waals surface area (Å²) in [4.78, 5) is 35.7. The number of ether oxygens (including phenoxy) is 2. The van der Waals surface area contributed by atoms with Crippen LogP contribution in [0, 0.1) is 23.7 Å². The zero-order valence-electron chi connectivity index (χ0n) is 17.5. The number of esters is 3. The van der Waals surface area contributed by atoms with Crippen molar-refractivity contribution in [2.45, 2.75) is 84.0 Å². The van der Waals surface area contributed by atoms with Crippen LogP contribution < -0.4 is 0 Å². The van der Waals surface area contributed by atoms with Crippen LogP contribution >= 0.6 is 0 Å². The number of fused-ring (bicyclic) bond motifs is 1. The van der Waals surface area contributed by atoms with Crippen LogP contribution in [0.15, 0.2) is 12.2 Å². The molecule has 0 spiro atoms. The fraction of sp³-hybridized carbons (Fsp3) is 0.783. The van der Waals surface area contributed by atoms with Gasteiger partial charge in [-0.3, -0.25) is 14.4 Å². The van der Waals surface area contributed by atoms with E-state index in [1.165, 1.54) is 26.4 Å². The normalized spacial score (nSPS) is 26.2. The van der Waals surface area contributed by atoms with Crippen molar-refractivity contribution < 1.29 is 23.9 Å². The summed E-state index contributed by atoms with van der Waals surface area (Å²) in [6.45, 7) is 2.19. The monoisotopic (exact) mass is 392 g/mol. The molecule has 28 heavy (non-hydrogen) atoms. The number of allylic oxidation sites excluding steroid dienone is 2. The van der Waals surface area contributed by atoms with Crippen LogP contribution in [0.4, 0.5) is 0 Å². The highest BCUT2D eigenvalue weighted by molar-refractivity contribution is 5.97. The number of cyclic esters (lactones) is 2. The molecular weight excluding hydrogens is 356 g/mol. The van der Waals surface area contributed by atoms with Gasteiger partial charge in [0.15, 0.2) is 0 Å². The Kier molecular flexibility index (Phi) is 9.72. The first-order valence-corrected chi connectivity index (χ1v) is 11.1. The van der Waals surface area contributed by atoms with Gasteiger partial charge >= 0.3 is 17.9 Å². The third-order valence-corrected chi connectivity index (χ3v) is 6.20. The summed E-state index contributed by atoms with van der Waals surface area (Å²) < 4.78 is 9.67. The quantitative estimate of drug-likeness (QED) is 0.191. The Balaban J connectivity index is 1.77. The van der Waals surface area contributed by atoms with Gasteiger partial charge < -0.3 is 9.47 Å². The second kappa shape index (κ2) is 12.0. The van der Waals surface area contributed by atoms with Gasteiger partial charge in [-0.2, -0.15) is 0 Å². The van der Waals surface area contributed by atoms with Crippen molar-refractivity contribution in [2.75, 3.05) is 7.11 Å². The van der Waals surface area contributed by atoms with Crippen LogP contribution in [-0.2, 0) is 23.9 Å². The number of hydrogen-bond donors (Lipinski definition) is 0. The third kappa shape index (κ3) is 6.46. The predicted octanol–water partition coefficient (Wildman–Crippen LogP) is 4.98. The number of rotatable bonds is 13. The van der Waals surface area contributed by atoms with E-state index in [0.717, 1.165) is 51.4 Å². The Morgan fingerprint density at radius 1 is 0.857 bits per heavy atom. The SMILES string of the molecule is CCCCCCC1C=CC(CCCCCCCC(=O)OC)C2C(=O)OC(=O)C12. The lowest BCUT2D eigenvalue weighted by atomic mass is 9.69. The van der Waals surface area contributed by atoms with E-state index in [0.29, 0.717) is 6.42 Å². The summed E-state index contributed by atoms with van der Waals surface area (Å²) in [6, 6.07) is 0. The van der Waals surface area contributed by atoms with E-state index in [4.69, 9.17) is 4.74 Å². The van der Waals surface area contributed by atoms with Crippen molar-refractivity contribution in [1.29, 1.82) is 0 Å². The number of hydrogen-bond acceptors (Lipinski definition) is 5. The second-order valence-electron chi connectivity index (χ2n) is 8.24. The second-order valence-corrected chi connectivity index (χ2v) is 8.24. The molecule has 2 aliphatic rings. The first-order chi connectivity index (χ1) is 13.6. The first-order valence-electron chi connectivity index (χ1n) is 11.1. The van der Waals surface area contributed by atoms with Crippen molar-refractivity contribution >= 4 is 17.9 Å². The van der Waals surface area contributed by atoms with Gasteiger partial charge in [-0.15, -0.1) is 0 Å². The lowest BCUT2D eigenvalue weighted by molar-refractivity contribution is -0.154. The van der Waals surface area contributed by atoms with Crippen molar-refractivity contribution in [3.63, 3.8) is 0 Å². The van der Waals surface area contributed by atoms with Crippen LogP contribution in [0.3, 0.4) is 0 Å². The van der Waals surface area contributed by atoms with E-state index in [1.54, 1.807) is 0 Å². The standard InChI is InChI=1S/C23H36O5/c1-3-4-5-9-12-17-15-16-18(21-20(17)22(25)28-23(21)26)13-10-7-6-8-11-14-19(24)27-2/h15-18,20-21H,3-14H2,1-2H3. The summed E-state index contributed by atoms with van der Waals surface area (Å²) in [5.74, 6) is -1.07. The fourth-order valence-corrected chi connectivity index (χ4v) is 4.58. The molecule has 1 aliphatic heterocycles. The topological polar surface area (TPSA) is 69.7 Å². The average Bonchev–Trinajstić information content (AvgIpc) is 3.00. The largest absolute Gasteiger partial charge is 0.469 e. The Labute approximate surface area is 169 Å². The minimum absolute atomic E-state index is 0.117. The molecule has 0 saturated carbocycles. The first kappa shape index (κ1) is 22.6. The molecule has 0 aromatic heterocycles. The zero-order chi connectivity index (χ0) is 20.4. The Morgan fingerprint density at radius 2 is 1.36 bits per heavy atom. The molecule has 1 heterocycles. The molecular formula is C23H36O5. The molecule has 0 bridgehead atoms. The molecule has 2 rings (SSSR count). The van der Waals surface area contributed by atoms with Crippen molar-refractivity contribution in [3.8, 4) is 0 Å². The molecule has 5 nitrogen and oxygen atoms in total. The van der Waals surface area contributed by atoms with Gasteiger partial charge in [-0.05, 0) is 31.1 Å². The highest BCUT2D eigenvalue weighted by Crippen LogP contribution is 2.44. The van der Waals surface area contributed by atoms with Crippen molar-refractivity contribution in [1.82, 2.24) is 0 Å². The molecule has 4 unspecified atom stereocenters. The molecule has 1 fully saturated rings. The lowest BCUT2D eigenvalue weighted by Gasteiger charge is -2.31. The minimum Gasteiger partial charge on any atom is -0.469 e. The van der Waals surface area contributed by atoms with Gasteiger partial charge in [-0.1, -0.05) is 70.4 Å². The van der Waals surface area contributed by atoms with Crippen LogP contribution in [-0.4, -0.2) is 25.0 Å². The molecule has 4 atom stereocenters. The maximum absolute atomic E-state index is 12.3. The fourth-order valence-electron chi connectivity index (χ4n) is 4.58. The van der Waals surface area contributed by atoms with Crippen LogP contribution in [0.25, 0.3) is 0 Å². The molecule has 1 saturated heterocycles. The molecule has 158 valence electrons. The number of carbonyl (C=O) groups is 3. The van der Waals surface area contributed by atoms with Gasteiger partial charge in [-0.25, -0.2) is 0 Å². The van der Waals surface area contributed by atoms with Gasteiger partial charge in [0.1, 0.15) is 0 Å². The van der Waals surface area contributed by atoms with Gasteiger partial charge in [0.25, 0.3) is 0 Å². The van der Waals surface area contributed by atoms with E-state index in [2.05, 4.69) is 23.8 Å². The third-order valence-electron chi connectivity index (χ3n) is 6.20. The average molecular weight is 393 g/mol. The van der Waals surface area contributed by atoms with Crippen molar-refractivity contribution in [3.05, 3.63) is 12.2 Å². The van der Waals surface area contributed by atoms with E-state index in [-0.39, 0.29) is 41.6 Å². The van der Waals surface area contributed by atoms with Gasteiger partial charge in [0, 0.05) is 6.42 Å². The molecule has 0 aromatic rings. The van der Waals surface area contributed by atoms with Crippen LogP contribution in [0.2, 0.25) is 0 Å². The predicted molar refractivity (Wildman–Crippen MR) is 107 cm³/mol. The Hall–Kier alpha value is -1.65. The van der Waals surface area contributed by atoms with E-state index >= 15 is 0 Å². The highest BCUT2D eigenvalue weighted by Gasteiger charge is 2.51. The van der Waals surface area contributed by atoms with Crippen molar-refractivity contribution in [2.24, 2.45) is 23.7 Å². The number of carbonyl (C=O) groups excluding carboxylic acids is 3. The Bertz CT molecular complexity index is 553. The maximum Gasteiger partial charge on any atom is 0.318 e. The van der Waals surface area contributed by atoms with E-state index < -0.39 is 0 Å². The summed E-state index contributed by atoms with van der Waals surface area (Å²) in [7, 11) is 1.42. The van der Waals surface area contributed by atoms with Gasteiger partial charge in [0.05, 0.1) is 18.9 Å². The molecule has 0 aromatic carbocycles. The lowest BCUT2D eigenvalue weighted by Crippen LogP contribution is -2.33. The maximum atomic E-state index is 12.3. The molecule has 5 heteroatoms. The number of unbranched alkanes of at least 4 members (excludes halogenated alkanes) is 7. The molecule has 0 amide bonds. The summed E-state index contributed by atoms with van der Waals surface area (Å²) >= 11 is 0. The molecule has 0 radical (unpaired) electrons. The van der Waals surface area contributed by atoms with Crippen LogP contribution in [0.5, 0.6) is 0 Å². The molecule has 0 N–H and O–H groups in total. The summed E-state index contributed by atoms with van der Waals surface area (Å²) in [5.41, 5.74) is 0. The van der Waals surface area contributed by atoms with E-state index in [9.17, 15) is 14.4 Å². The Morgan fingerprint density at radius 3 is 1.89 bits per heavy atom. The smallest absolute Gasteiger partial charge is 0.318 e. The summed E-state index contributed by atoms with van der Waals surface area (Å²) in [5, 5.41) is 0. The highest BCUT2D eigenvalue weighted by atomic mass is 16.6. The number of methoxy groups -OCH3 is 1. The summed E-state index contributed by atoms with van der Waals surface area (Å²) in [6.07, 6.45) is 16.5. The molecule has 1 aliphatic carbocycles. The minimum atomic E-state index is -0.319. The van der Waals surface area contributed by atoms with Crippen LogP contribution in [0.1, 0.15) is 84.0 Å². The van der Waals surface area contributed by atoms with E-state index in [1.807, 2.05) is 0 Å².